The molecule has 0 aliphatic rings. The molecular weight excluding hydrogens is 539 g/mol. The molecular formula is C25H24Cl2N4O3S2. The molecule has 0 aliphatic heterocycles. The standard InChI is InChI=1S/C25H24Cl2N4O3S2/c1-16-14-19(27)15-22-23(16)28-25(35-22)31(13-12-30(2)3)24(32)17-4-8-20(9-5-17)29-36(33,34)21-10-6-18(26)7-11-21/h4-11,14-15,29H,12-13H2,1-3H3. The van der Waals surface area contributed by atoms with Crippen LogP contribution in [0.15, 0.2) is 65.6 Å². The Morgan fingerprint density at radius 2 is 1.64 bits per heavy atom. The van der Waals surface area contributed by atoms with E-state index in [1.165, 1.54) is 35.6 Å². The minimum atomic E-state index is -3.79. The van der Waals surface area contributed by atoms with Crippen LogP contribution in [0.25, 0.3) is 10.2 Å². The summed E-state index contributed by atoms with van der Waals surface area (Å²) in [6, 6.07) is 15.9. The third-order valence-electron chi connectivity index (χ3n) is 5.39. The first-order chi connectivity index (χ1) is 17.0. The molecule has 0 fully saturated rings. The number of aryl methyl sites for hydroxylation is 1. The van der Waals surface area contributed by atoms with Crippen molar-refractivity contribution in [2.45, 2.75) is 11.8 Å². The molecule has 4 aromatic rings. The van der Waals surface area contributed by atoms with Crippen molar-refractivity contribution in [2.24, 2.45) is 0 Å². The second-order valence-electron chi connectivity index (χ2n) is 8.46. The van der Waals surface area contributed by atoms with Crippen LogP contribution in [0, 0.1) is 6.92 Å². The molecule has 1 heterocycles. The summed E-state index contributed by atoms with van der Waals surface area (Å²) in [5, 5.41) is 1.65. The van der Waals surface area contributed by atoms with Crippen LogP contribution in [-0.2, 0) is 10.0 Å². The summed E-state index contributed by atoms with van der Waals surface area (Å²) in [5.74, 6) is -0.230. The molecule has 11 heteroatoms. The maximum Gasteiger partial charge on any atom is 0.261 e. The Morgan fingerprint density at radius 1 is 0.972 bits per heavy atom. The lowest BCUT2D eigenvalue weighted by Gasteiger charge is -2.22. The van der Waals surface area contributed by atoms with Gasteiger partial charge in [-0.1, -0.05) is 34.5 Å². The van der Waals surface area contributed by atoms with E-state index in [1.807, 2.05) is 38.1 Å². The smallest absolute Gasteiger partial charge is 0.261 e. The molecule has 1 aromatic heterocycles. The summed E-state index contributed by atoms with van der Waals surface area (Å²) >= 11 is 13.5. The van der Waals surface area contributed by atoms with Gasteiger partial charge in [-0.25, -0.2) is 13.4 Å². The lowest BCUT2D eigenvalue weighted by atomic mass is 10.2. The molecule has 7 nitrogen and oxygen atoms in total. The highest BCUT2D eigenvalue weighted by Crippen LogP contribution is 2.33. The maximum atomic E-state index is 13.5. The quantitative estimate of drug-likeness (QED) is 0.288. The number of aromatic nitrogens is 1. The fraction of sp³-hybridized carbons (Fsp3) is 0.200. The SMILES string of the molecule is Cc1cc(Cl)cc2sc(N(CCN(C)C)C(=O)c3ccc(NS(=O)(=O)c4ccc(Cl)cc4)cc3)nc12. The normalized spacial score (nSPS) is 11.7. The number of benzene rings is 3. The largest absolute Gasteiger partial charge is 0.308 e. The number of carbonyl (C=O) groups excluding carboxylic acids is 1. The summed E-state index contributed by atoms with van der Waals surface area (Å²) in [4.78, 5) is 22.0. The first-order valence-corrected chi connectivity index (χ1v) is 14.0. The Hall–Kier alpha value is -2.69. The number of sulfonamides is 1. The van der Waals surface area contributed by atoms with Crippen molar-refractivity contribution in [3.05, 3.63) is 81.8 Å². The fourth-order valence-corrected chi connectivity index (χ4v) is 6.14. The lowest BCUT2D eigenvalue weighted by Crippen LogP contribution is -2.36. The van der Waals surface area contributed by atoms with Crippen molar-refractivity contribution in [3.8, 4) is 0 Å². The highest BCUT2D eigenvalue weighted by atomic mass is 35.5. The zero-order chi connectivity index (χ0) is 26.0. The highest BCUT2D eigenvalue weighted by Gasteiger charge is 2.22. The van der Waals surface area contributed by atoms with E-state index in [-0.39, 0.29) is 10.8 Å². The Kier molecular flexibility index (Phi) is 7.87. The number of hydrogen-bond donors (Lipinski definition) is 1. The summed E-state index contributed by atoms with van der Waals surface area (Å²) < 4.78 is 28.8. The second kappa shape index (κ2) is 10.7. The van der Waals surface area contributed by atoms with Gasteiger partial charge in [0.15, 0.2) is 5.13 Å². The predicted octanol–water partition coefficient (Wildman–Crippen LogP) is 5.92. The van der Waals surface area contributed by atoms with Crippen LogP contribution < -0.4 is 9.62 Å². The van der Waals surface area contributed by atoms with E-state index >= 15 is 0 Å². The summed E-state index contributed by atoms with van der Waals surface area (Å²) in [6.07, 6.45) is 0. The summed E-state index contributed by atoms with van der Waals surface area (Å²) in [6.45, 7) is 3.01. The molecule has 1 amide bonds. The molecule has 0 unspecified atom stereocenters. The number of fused-ring (bicyclic) bond motifs is 1. The van der Waals surface area contributed by atoms with E-state index in [0.717, 1.165) is 15.8 Å². The van der Waals surface area contributed by atoms with Gasteiger partial charge >= 0.3 is 0 Å². The Morgan fingerprint density at radius 3 is 2.28 bits per heavy atom. The van der Waals surface area contributed by atoms with Crippen molar-refractivity contribution in [2.75, 3.05) is 36.8 Å². The van der Waals surface area contributed by atoms with E-state index in [0.29, 0.717) is 39.5 Å². The maximum absolute atomic E-state index is 13.5. The fourth-order valence-electron chi connectivity index (χ4n) is 3.51. The summed E-state index contributed by atoms with van der Waals surface area (Å²) in [7, 11) is 0.0823. The van der Waals surface area contributed by atoms with E-state index < -0.39 is 10.0 Å². The number of nitrogens with zero attached hydrogens (tertiary/aromatic N) is 3. The molecule has 4 rings (SSSR count). The molecule has 0 atom stereocenters. The van der Waals surface area contributed by atoms with Gasteiger partial charge in [0.2, 0.25) is 0 Å². The van der Waals surface area contributed by atoms with Gasteiger partial charge in [0.25, 0.3) is 15.9 Å². The first-order valence-electron chi connectivity index (χ1n) is 11.0. The van der Waals surface area contributed by atoms with Gasteiger partial charge in [0.05, 0.1) is 15.1 Å². The van der Waals surface area contributed by atoms with Crippen LogP contribution >= 0.6 is 34.5 Å². The van der Waals surface area contributed by atoms with Gasteiger partial charge in [-0.2, -0.15) is 0 Å². The van der Waals surface area contributed by atoms with Gasteiger partial charge in [-0.15, -0.1) is 0 Å². The Balaban J connectivity index is 1.59. The van der Waals surface area contributed by atoms with Crippen molar-refractivity contribution in [1.82, 2.24) is 9.88 Å². The van der Waals surface area contributed by atoms with E-state index in [1.54, 1.807) is 29.2 Å². The third-order valence-corrected chi connectivity index (χ3v) is 8.29. The minimum Gasteiger partial charge on any atom is -0.308 e. The monoisotopic (exact) mass is 562 g/mol. The van der Waals surface area contributed by atoms with Crippen molar-refractivity contribution in [1.29, 1.82) is 0 Å². The minimum absolute atomic E-state index is 0.0909. The molecule has 0 radical (unpaired) electrons. The van der Waals surface area contributed by atoms with Crippen LogP contribution in [0.1, 0.15) is 15.9 Å². The van der Waals surface area contributed by atoms with Gasteiger partial charge in [-0.05, 0) is 87.2 Å². The van der Waals surface area contributed by atoms with E-state index in [9.17, 15) is 13.2 Å². The first kappa shape index (κ1) is 26.4. The molecule has 0 saturated heterocycles. The number of thiazole rings is 1. The van der Waals surface area contributed by atoms with Crippen LogP contribution in [0.5, 0.6) is 0 Å². The molecule has 0 bridgehead atoms. The topological polar surface area (TPSA) is 82.6 Å². The average Bonchev–Trinajstić information content (AvgIpc) is 3.23. The number of rotatable bonds is 8. The Labute approximate surface area is 224 Å². The number of amides is 1. The molecule has 36 heavy (non-hydrogen) atoms. The number of carbonyl (C=O) groups is 1. The molecule has 0 spiro atoms. The third kappa shape index (κ3) is 5.99. The second-order valence-corrected chi connectivity index (χ2v) is 12.0. The highest BCUT2D eigenvalue weighted by molar-refractivity contribution is 7.92. The van der Waals surface area contributed by atoms with E-state index in [2.05, 4.69) is 4.72 Å². The molecule has 1 N–H and O–H groups in total. The van der Waals surface area contributed by atoms with Crippen molar-refractivity contribution < 1.29 is 13.2 Å². The summed E-state index contributed by atoms with van der Waals surface area (Å²) in [5.41, 5.74) is 2.51. The number of nitrogens with one attached hydrogen (secondary N) is 1. The number of halogens is 2. The van der Waals surface area contributed by atoms with Crippen LogP contribution in [0.3, 0.4) is 0 Å². The molecule has 188 valence electrons. The van der Waals surface area contributed by atoms with Crippen LogP contribution in [-0.4, -0.2) is 51.4 Å². The molecule has 3 aromatic carbocycles. The Bertz CT molecular complexity index is 1500. The number of anilines is 2. The molecule has 0 saturated carbocycles. The van der Waals surface area contributed by atoms with Crippen LogP contribution in [0.2, 0.25) is 10.0 Å². The number of hydrogen-bond acceptors (Lipinski definition) is 6. The van der Waals surface area contributed by atoms with Crippen molar-refractivity contribution in [3.63, 3.8) is 0 Å². The van der Waals surface area contributed by atoms with Gasteiger partial charge < -0.3 is 4.90 Å². The molecule has 0 aliphatic carbocycles. The van der Waals surface area contributed by atoms with Crippen molar-refractivity contribution >= 4 is 71.5 Å². The van der Waals surface area contributed by atoms with Crippen LogP contribution in [0.4, 0.5) is 10.8 Å². The zero-order valence-corrected chi connectivity index (χ0v) is 23.0. The average molecular weight is 564 g/mol. The zero-order valence-electron chi connectivity index (χ0n) is 19.8. The van der Waals surface area contributed by atoms with Gasteiger partial charge in [0, 0.05) is 34.4 Å². The lowest BCUT2D eigenvalue weighted by molar-refractivity contribution is 0.0985. The van der Waals surface area contributed by atoms with Gasteiger partial charge in [0.1, 0.15) is 0 Å². The van der Waals surface area contributed by atoms with E-state index in [4.69, 9.17) is 28.2 Å². The van der Waals surface area contributed by atoms with Gasteiger partial charge in [-0.3, -0.25) is 14.4 Å². The predicted molar refractivity (Wildman–Crippen MR) is 148 cm³/mol. The number of likely N-dealkylation sites (N-methyl/N-ethyl adjacent to an activating group) is 1.